The van der Waals surface area contributed by atoms with Crippen molar-refractivity contribution in [3.8, 4) is 6.07 Å². The van der Waals surface area contributed by atoms with E-state index in [0.29, 0.717) is 48.4 Å². The van der Waals surface area contributed by atoms with E-state index < -0.39 is 46.1 Å². The predicted molar refractivity (Wildman–Crippen MR) is 283 cm³/mol. The van der Waals surface area contributed by atoms with Crippen LogP contribution in [0.2, 0.25) is 0 Å². The van der Waals surface area contributed by atoms with E-state index in [1.165, 1.54) is 18.3 Å². The van der Waals surface area contributed by atoms with Gasteiger partial charge in [0.15, 0.2) is 11.2 Å². The van der Waals surface area contributed by atoms with Crippen molar-refractivity contribution in [1.29, 1.82) is 0 Å². The number of carboxylic acid groups (broad SMARTS) is 1. The third kappa shape index (κ3) is 16.3. The second-order valence-corrected chi connectivity index (χ2v) is 19.2. The first-order chi connectivity index (χ1) is 37.0. The van der Waals surface area contributed by atoms with Gasteiger partial charge < -0.3 is 51.8 Å². The molecule has 1 saturated carbocycles. The summed E-state index contributed by atoms with van der Waals surface area (Å²) < 4.78 is 12.1. The van der Waals surface area contributed by atoms with E-state index in [1.807, 2.05) is 6.07 Å². The van der Waals surface area contributed by atoms with Crippen LogP contribution in [-0.4, -0.2) is 133 Å². The molecule has 77 heavy (non-hydrogen) atoms. The van der Waals surface area contributed by atoms with Crippen LogP contribution in [0.3, 0.4) is 0 Å². The maximum Gasteiger partial charge on any atom is 0.515 e. The number of ether oxygens (including phenoxy) is 2. The molecule has 3 aromatic heterocycles. The number of aromatic nitrogens is 5. The minimum absolute atomic E-state index is 0.00201. The fourth-order valence-corrected chi connectivity index (χ4v) is 9.04. The molecular weight excluding hydrogens is 1010 g/mol. The first kappa shape index (κ1) is 56.4. The minimum atomic E-state index is -1.35. The maximum absolute atomic E-state index is 13.1. The number of carboxylic acids is 1. The SMILES string of the molecule is CN1C(=O)C[C@H](C(=O)NCCOC2(S)CCC(OCCCC(=O)[N+]#Cc3ccc(C(=O)NCCNC(=O)CC[C@H](NC(=O)c4ccc(NCc5cnc6nc(N)[nH]c(=O)c6n5)cc4)C(=O)O)cc3)CC2)[C@H]1c1cccnc1. The Morgan fingerprint density at radius 2 is 1.65 bits per heavy atom. The lowest BCUT2D eigenvalue weighted by Gasteiger charge is -2.36. The van der Waals surface area contributed by atoms with E-state index >= 15 is 0 Å². The number of carbonyl (C=O) groups excluding carboxylic acids is 6. The largest absolute Gasteiger partial charge is 0.515 e. The number of aromatic amines is 1. The van der Waals surface area contributed by atoms with E-state index in [0.717, 1.165) is 18.4 Å². The zero-order chi connectivity index (χ0) is 54.9. The van der Waals surface area contributed by atoms with Crippen molar-refractivity contribution in [2.45, 2.75) is 87.5 Å². The first-order valence-electron chi connectivity index (χ1n) is 25.0. The van der Waals surface area contributed by atoms with Gasteiger partial charge in [-0.1, -0.05) is 6.07 Å². The molecule has 5 aromatic rings. The van der Waals surface area contributed by atoms with Gasteiger partial charge in [-0.25, -0.2) is 19.6 Å². The number of fused-ring (bicyclic) bond motifs is 1. The average Bonchev–Trinajstić information content (AvgIpc) is 3.74. The molecule has 25 heteroatoms. The van der Waals surface area contributed by atoms with Gasteiger partial charge in [-0.2, -0.15) is 4.98 Å². The van der Waals surface area contributed by atoms with Crippen LogP contribution in [0.4, 0.5) is 11.6 Å². The summed E-state index contributed by atoms with van der Waals surface area (Å²) in [6.07, 6.45) is 7.89. The smallest absolute Gasteiger partial charge is 0.480 e. The van der Waals surface area contributed by atoms with Gasteiger partial charge in [-0.15, -0.1) is 12.6 Å². The summed E-state index contributed by atoms with van der Waals surface area (Å²) in [6.45, 7) is 1.27. The number of thiol groups is 1. The van der Waals surface area contributed by atoms with E-state index in [1.54, 1.807) is 66.8 Å². The Morgan fingerprint density at radius 3 is 2.38 bits per heavy atom. The maximum atomic E-state index is 13.1. The molecule has 24 nitrogen and oxygen atoms in total. The zero-order valence-electron chi connectivity index (χ0n) is 42.2. The topological polar surface area (TPSA) is 336 Å². The van der Waals surface area contributed by atoms with E-state index in [-0.39, 0.29) is 111 Å². The first-order valence-corrected chi connectivity index (χ1v) is 25.4. The molecule has 1 aliphatic heterocycles. The lowest BCUT2D eigenvalue weighted by molar-refractivity contribution is -0.139. The van der Waals surface area contributed by atoms with Crippen molar-refractivity contribution >= 4 is 76.8 Å². The number of nitrogen functional groups attached to an aromatic ring is 1. The summed E-state index contributed by atoms with van der Waals surface area (Å²) in [5, 5.41) is 23.5. The molecule has 0 radical (unpaired) electrons. The molecule has 0 spiro atoms. The quantitative estimate of drug-likeness (QED) is 0.0244. The molecular formula is C52H60N13O11S+. The molecule has 9 N–H and O–H groups in total. The van der Waals surface area contributed by atoms with Crippen LogP contribution < -0.4 is 37.9 Å². The summed E-state index contributed by atoms with van der Waals surface area (Å²) in [4.78, 5) is 124. The number of hydrogen-bond acceptors (Lipinski definition) is 17. The number of aliphatic carboxylic acids is 1. The van der Waals surface area contributed by atoms with Crippen molar-refractivity contribution in [2.24, 2.45) is 5.92 Å². The Bertz CT molecular complexity index is 3050. The third-order valence-corrected chi connectivity index (χ3v) is 13.5. The Labute approximate surface area is 447 Å². The van der Waals surface area contributed by atoms with Crippen molar-refractivity contribution in [1.82, 2.24) is 51.1 Å². The summed E-state index contributed by atoms with van der Waals surface area (Å²) >= 11 is 4.79. The van der Waals surface area contributed by atoms with Gasteiger partial charge in [0, 0.05) is 80.2 Å². The number of nitrogens with one attached hydrogen (secondary N) is 6. The fraction of sp³-hybridized carbons (Fsp3) is 0.404. The number of amides is 6. The number of likely N-dealkylation sites (tertiary alicyclic amines) is 1. The molecule has 2 aliphatic rings. The average molecular weight is 1080 g/mol. The Kier molecular flexibility index (Phi) is 19.7. The van der Waals surface area contributed by atoms with Crippen molar-refractivity contribution in [3.63, 3.8) is 0 Å². The van der Waals surface area contributed by atoms with Gasteiger partial charge in [0.05, 0.1) is 49.5 Å². The lowest BCUT2D eigenvalue weighted by Crippen LogP contribution is -2.42. The summed E-state index contributed by atoms with van der Waals surface area (Å²) in [7, 11) is 1.70. The molecule has 404 valence electrons. The van der Waals surface area contributed by atoms with Crippen LogP contribution >= 0.6 is 12.6 Å². The van der Waals surface area contributed by atoms with E-state index in [2.05, 4.69) is 62.4 Å². The van der Waals surface area contributed by atoms with Crippen LogP contribution in [0.5, 0.6) is 0 Å². The van der Waals surface area contributed by atoms with Crippen LogP contribution in [0, 0.1) is 12.0 Å². The highest BCUT2D eigenvalue weighted by Crippen LogP contribution is 2.38. The number of nitrogens with two attached hydrogens (primary N) is 1. The number of rotatable bonds is 24. The molecule has 4 heterocycles. The Balaban J connectivity index is 0.715. The normalized spacial score (nSPS) is 18.3. The molecule has 6 amide bonds. The van der Waals surface area contributed by atoms with Gasteiger partial charge >= 0.3 is 17.9 Å². The van der Waals surface area contributed by atoms with Crippen LogP contribution in [0.15, 0.2) is 84.0 Å². The summed E-state index contributed by atoms with van der Waals surface area (Å²) in [5.41, 5.74) is 8.04. The van der Waals surface area contributed by atoms with Crippen LogP contribution in [-0.2, 0) is 40.0 Å². The zero-order valence-corrected chi connectivity index (χ0v) is 43.1. The van der Waals surface area contributed by atoms with Crippen LogP contribution in [0.1, 0.15) is 101 Å². The van der Waals surface area contributed by atoms with Gasteiger partial charge in [-0.3, -0.25) is 38.7 Å². The van der Waals surface area contributed by atoms with Crippen molar-refractivity contribution in [3.05, 3.63) is 122 Å². The molecule has 3 atom stereocenters. The number of nitrogens with zero attached hydrogens (tertiary/aromatic N) is 6. The Morgan fingerprint density at radius 1 is 0.922 bits per heavy atom. The summed E-state index contributed by atoms with van der Waals surface area (Å²) in [5.74, 6) is -4.12. The van der Waals surface area contributed by atoms with Crippen molar-refractivity contribution in [2.75, 3.05) is 50.9 Å². The molecule has 2 fully saturated rings. The van der Waals surface area contributed by atoms with E-state index in [9.17, 15) is 43.5 Å². The lowest BCUT2D eigenvalue weighted by atomic mass is 9.94. The highest BCUT2D eigenvalue weighted by atomic mass is 32.1. The highest BCUT2D eigenvalue weighted by molar-refractivity contribution is 7.81. The number of H-pyrrole nitrogens is 1. The molecule has 0 unspecified atom stereocenters. The van der Waals surface area contributed by atoms with Gasteiger partial charge in [0.25, 0.3) is 17.4 Å². The van der Waals surface area contributed by atoms with Gasteiger partial charge in [0.2, 0.25) is 23.7 Å². The molecule has 1 saturated heterocycles. The second kappa shape index (κ2) is 26.9. The van der Waals surface area contributed by atoms with Crippen molar-refractivity contribution < 1.29 is 48.1 Å². The van der Waals surface area contributed by atoms with Crippen LogP contribution in [0.25, 0.3) is 16.0 Å². The number of hydrogen-bond donors (Lipinski definition) is 9. The fourth-order valence-electron chi connectivity index (χ4n) is 8.69. The molecule has 1 aliphatic carbocycles. The predicted octanol–water partition coefficient (Wildman–Crippen LogP) is 2.74. The molecule has 7 rings (SSSR count). The van der Waals surface area contributed by atoms with Gasteiger partial charge in [-0.05, 0) is 98.7 Å². The standard InChI is InChI=1S/C52H59N13O11S/c1-65-42(68)26-38(44(65)34-4-2-20-54-28-34)48(71)57-23-25-76-52(77)18-16-37(17-19-52)75-24-3-5-40(66)59-27-31-6-8-32(9-7-31)46(69)56-22-21-55-41(67)15-14-39(50(73)74)62-47(70)33-10-12-35(13-11-33)58-29-36-30-60-45-43(61-36)49(72)64-51(53)63-45/h2,4,6-13,20,28,30,37-39,44,58H,3,5,14-19,21-26,29H2,1H3,(H8-,53,55,56,57,60,62,63,64,67,69,70,71,72,73,74,77)/p+1/t37?,38-,39-,44+,52?/m0/s1. The molecule has 0 bridgehead atoms. The Hall–Kier alpha value is -8.34. The van der Waals surface area contributed by atoms with Gasteiger partial charge in [0.1, 0.15) is 16.5 Å². The number of benzene rings is 2. The third-order valence-electron chi connectivity index (χ3n) is 12.9. The number of pyridine rings is 1. The summed E-state index contributed by atoms with van der Waals surface area (Å²) in [6, 6.07) is 17.1. The highest BCUT2D eigenvalue weighted by Gasteiger charge is 2.43. The second-order valence-electron chi connectivity index (χ2n) is 18.4. The van der Waals surface area contributed by atoms with E-state index in [4.69, 9.17) is 27.8 Å². The minimum Gasteiger partial charge on any atom is -0.480 e. The number of anilines is 2. The number of carbonyl (C=O) groups is 7. The molecule has 2 aromatic carbocycles. The monoisotopic (exact) mass is 1070 g/mol.